The van der Waals surface area contributed by atoms with Gasteiger partial charge in [0, 0.05) is 5.92 Å². The van der Waals surface area contributed by atoms with Gasteiger partial charge in [0.05, 0.1) is 18.4 Å². The van der Waals surface area contributed by atoms with Crippen molar-refractivity contribution in [3.63, 3.8) is 0 Å². The molecule has 4 N–H and O–H groups in total. The molecule has 0 rings (SSSR count). The van der Waals surface area contributed by atoms with E-state index in [1.807, 2.05) is 13.8 Å². The predicted octanol–water partition coefficient (Wildman–Crippen LogP) is 0.306. The van der Waals surface area contributed by atoms with E-state index in [4.69, 9.17) is 11.5 Å². The Bertz CT molecular complexity index is 201. The molecule has 0 spiro atoms. The van der Waals surface area contributed by atoms with Gasteiger partial charge in [-0.2, -0.15) is 0 Å². The number of Topliss-reactive ketones (excluding diaryl/α,β-unsaturated/α-hetero) is 1. The van der Waals surface area contributed by atoms with Gasteiger partial charge in [-0.25, -0.2) is 0 Å². The number of hydrogen-bond acceptors (Lipinski definition) is 3. The molecule has 0 radical (unpaired) electrons. The van der Waals surface area contributed by atoms with Gasteiger partial charge in [0.15, 0.2) is 0 Å². The van der Waals surface area contributed by atoms with Gasteiger partial charge in [-0.15, -0.1) is 0 Å². The highest BCUT2D eigenvalue weighted by Gasteiger charge is 2.08. The maximum atomic E-state index is 10.8. The SMILES string of the molecule is CCC(C)C(N)=NCC(N)C(C)=O. The van der Waals surface area contributed by atoms with Crippen LogP contribution in [-0.2, 0) is 4.79 Å². The Balaban J connectivity index is 4.03. The maximum absolute atomic E-state index is 10.8. The standard InChI is InChI=1S/C9H19N3O/c1-4-6(2)9(11)12-5-8(10)7(3)13/h6,8H,4-5,10H2,1-3H3,(H2,11,12). The van der Waals surface area contributed by atoms with E-state index in [-0.39, 0.29) is 11.7 Å². The molecule has 0 aliphatic carbocycles. The molecule has 4 nitrogen and oxygen atoms in total. The van der Waals surface area contributed by atoms with Gasteiger partial charge >= 0.3 is 0 Å². The summed E-state index contributed by atoms with van der Waals surface area (Å²) < 4.78 is 0. The minimum absolute atomic E-state index is 0.0549. The molecule has 0 aromatic heterocycles. The fourth-order valence-corrected chi connectivity index (χ4v) is 0.697. The van der Waals surface area contributed by atoms with E-state index in [1.54, 1.807) is 0 Å². The van der Waals surface area contributed by atoms with Crippen LogP contribution in [0.5, 0.6) is 0 Å². The molecule has 0 aliphatic rings. The molecule has 0 heterocycles. The molecule has 2 unspecified atom stereocenters. The third kappa shape index (κ3) is 4.62. The van der Waals surface area contributed by atoms with Gasteiger partial charge in [-0.1, -0.05) is 13.8 Å². The molecule has 76 valence electrons. The monoisotopic (exact) mass is 185 g/mol. The lowest BCUT2D eigenvalue weighted by Gasteiger charge is -2.09. The van der Waals surface area contributed by atoms with Crippen molar-refractivity contribution in [3.05, 3.63) is 0 Å². The van der Waals surface area contributed by atoms with Crippen LogP contribution in [0.25, 0.3) is 0 Å². The summed E-state index contributed by atoms with van der Waals surface area (Å²) in [5.41, 5.74) is 11.2. The summed E-state index contributed by atoms with van der Waals surface area (Å²) in [5.74, 6) is 0.791. The summed E-state index contributed by atoms with van der Waals surface area (Å²) in [7, 11) is 0. The Hall–Kier alpha value is -0.900. The Morgan fingerprint density at radius 3 is 2.46 bits per heavy atom. The zero-order valence-electron chi connectivity index (χ0n) is 8.58. The number of aliphatic imine (C=N–C) groups is 1. The summed E-state index contributed by atoms with van der Waals surface area (Å²) in [4.78, 5) is 14.8. The Kier molecular flexibility index (Phi) is 5.30. The Morgan fingerprint density at radius 2 is 2.08 bits per heavy atom. The van der Waals surface area contributed by atoms with Gasteiger partial charge in [0.2, 0.25) is 0 Å². The Morgan fingerprint density at radius 1 is 1.54 bits per heavy atom. The van der Waals surface area contributed by atoms with Crippen molar-refractivity contribution >= 4 is 11.6 Å². The fraction of sp³-hybridized carbons (Fsp3) is 0.778. The molecule has 0 aromatic carbocycles. The van der Waals surface area contributed by atoms with Crippen LogP contribution < -0.4 is 11.5 Å². The molecule has 0 saturated heterocycles. The zero-order chi connectivity index (χ0) is 10.4. The largest absolute Gasteiger partial charge is 0.387 e. The lowest BCUT2D eigenvalue weighted by atomic mass is 10.1. The van der Waals surface area contributed by atoms with Gasteiger partial charge < -0.3 is 11.5 Å². The lowest BCUT2D eigenvalue weighted by Crippen LogP contribution is -2.33. The Labute approximate surface area is 79.4 Å². The number of nitrogens with zero attached hydrogens (tertiary/aromatic N) is 1. The predicted molar refractivity (Wildman–Crippen MR) is 54.6 cm³/mol. The molecule has 0 aliphatic heterocycles. The smallest absolute Gasteiger partial charge is 0.148 e. The highest BCUT2D eigenvalue weighted by atomic mass is 16.1. The molecule has 2 atom stereocenters. The highest BCUT2D eigenvalue weighted by Crippen LogP contribution is 2.00. The molecule has 0 fully saturated rings. The first-order chi connectivity index (χ1) is 5.99. The maximum Gasteiger partial charge on any atom is 0.148 e. The van der Waals surface area contributed by atoms with Gasteiger partial charge in [0.25, 0.3) is 0 Å². The molecule has 0 aromatic rings. The second-order valence-corrected chi connectivity index (χ2v) is 3.29. The number of carbonyl (C=O) groups is 1. The topological polar surface area (TPSA) is 81.5 Å². The minimum atomic E-state index is -0.511. The first kappa shape index (κ1) is 12.1. The van der Waals surface area contributed by atoms with Crippen LogP contribution in [0, 0.1) is 5.92 Å². The summed E-state index contributed by atoms with van der Waals surface area (Å²) in [6.45, 7) is 5.79. The first-order valence-corrected chi connectivity index (χ1v) is 4.54. The summed E-state index contributed by atoms with van der Waals surface area (Å²) >= 11 is 0. The second kappa shape index (κ2) is 5.70. The van der Waals surface area contributed by atoms with Crippen LogP contribution in [0.1, 0.15) is 27.2 Å². The van der Waals surface area contributed by atoms with Gasteiger partial charge in [-0.3, -0.25) is 9.79 Å². The van der Waals surface area contributed by atoms with Gasteiger partial charge in [-0.05, 0) is 13.3 Å². The van der Waals surface area contributed by atoms with Crippen LogP contribution in [0.4, 0.5) is 0 Å². The molecule has 13 heavy (non-hydrogen) atoms. The lowest BCUT2D eigenvalue weighted by molar-refractivity contribution is -0.117. The number of hydrogen-bond donors (Lipinski definition) is 2. The van der Waals surface area contributed by atoms with Crippen molar-refractivity contribution in [2.45, 2.75) is 33.2 Å². The zero-order valence-corrected chi connectivity index (χ0v) is 8.58. The van der Waals surface area contributed by atoms with E-state index in [0.717, 1.165) is 6.42 Å². The molecule has 0 bridgehead atoms. The first-order valence-electron chi connectivity index (χ1n) is 4.54. The average molecular weight is 185 g/mol. The summed E-state index contributed by atoms with van der Waals surface area (Å²) in [6, 6.07) is -0.511. The number of carbonyl (C=O) groups excluding carboxylic acids is 1. The van der Waals surface area contributed by atoms with E-state index < -0.39 is 6.04 Å². The third-order valence-corrected chi connectivity index (χ3v) is 2.11. The van der Waals surface area contributed by atoms with E-state index in [0.29, 0.717) is 12.4 Å². The normalized spacial score (nSPS) is 16.8. The molecule has 0 saturated carbocycles. The van der Waals surface area contributed by atoms with Crippen molar-refractivity contribution in [2.75, 3.05) is 6.54 Å². The molecular formula is C9H19N3O. The van der Waals surface area contributed by atoms with Crippen molar-refractivity contribution < 1.29 is 4.79 Å². The number of amidine groups is 1. The van der Waals surface area contributed by atoms with Gasteiger partial charge in [0.1, 0.15) is 5.78 Å². The summed E-state index contributed by atoms with van der Waals surface area (Å²) in [6.07, 6.45) is 0.949. The summed E-state index contributed by atoms with van der Waals surface area (Å²) in [5, 5.41) is 0. The minimum Gasteiger partial charge on any atom is -0.387 e. The molecular weight excluding hydrogens is 166 g/mol. The van der Waals surface area contributed by atoms with E-state index in [9.17, 15) is 4.79 Å². The van der Waals surface area contributed by atoms with Crippen LogP contribution in [-0.4, -0.2) is 24.2 Å². The van der Waals surface area contributed by atoms with E-state index >= 15 is 0 Å². The number of rotatable bonds is 5. The van der Waals surface area contributed by atoms with Crippen molar-refractivity contribution in [1.82, 2.24) is 0 Å². The quantitative estimate of drug-likeness (QED) is 0.477. The number of ketones is 1. The van der Waals surface area contributed by atoms with E-state index in [1.165, 1.54) is 6.92 Å². The van der Waals surface area contributed by atoms with Crippen LogP contribution >= 0.6 is 0 Å². The van der Waals surface area contributed by atoms with Crippen molar-refractivity contribution in [1.29, 1.82) is 0 Å². The average Bonchev–Trinajstić information content (AvgIpc) is 2.11. The van der Waals surface area contributed by atoms with Crippen LogP contribution in [0.15, 0.2) is 4.99 Å². The van der Waals surface area contributed by atoms with Crippen molar-refractivity contribution in [3.8, 4) is 0 Å². The highest BCUT2D eigenvalue weighted by molar-refractivity contribution is 5.84. The number of nitrogens with two attached hydrogens (primary N) is 2. The van der Waals surface area contributed by atoms with Crippen LogP contribution in [0.2, 0.25) is 0 Å². The molecule has 0 amide bonds. The third-order valence-electron chi connectivity index (χ3n) is 2.11. The second-order valence-electron chi connectivity index (χ2n) is 3.29. The molecule has 4 heteroatoms. The van der Waals surface area contributed by atoms with E-state index in [2.05, 4.69) is 4.99 Å². The van der Waals surface area contributed by atoms with Crippen LogP contribution in [0.3, 0.4) is 0 Å². The fourth-order valence-electron chi connectivity index (χ4n) is 0.697. The van der Waals surface area contributed by atoms with Crippen molar-refractivity contribution in [2.24, 2.45) is 22.4 Å².